The van der Waals surface area contributed by atoms with E-state index in [9.17, 15) is 4.79 Å². The Labute approximate surface area is 163 Å². The smallest absolute Gasteiger partial charge is 0.257 e. The molecule has 1 aliphatic heterocycles. The maximum Gasteiger partial charge on any atom is 0.257 e. The van der Waals surface area contributed by atoms with Crippen molar-refractivity contribution in [3.05, 3.63) is 47.4 Å². The molecule has 0 bridgehead atoms. The molecule has 4 heterocycles. The molecule has 0 unspecified atom stereocenters. The van der Waals surface area contributed by atoms with E-state index in [1.165, 1.54) is 0 Å². The third kappa shape index (κ3) is 3.49. The Morgan fingerprint density at radius 2 is 1.96 bits per heavy atom. The fraction of sp³-hybridized carbons (Fsp3) is 0.400. The predicted molar refractivity (Wildman–Crippen MR) is 103 cm³/mol. The number of furan rings is 1. The van der Waals surface area contributed by atoms with Gasteiger partial charge in [0.2, 0.25) is 11.7 Å². The van der Waals surface area contributed by atoms with Crippen LogP contribution in [0.3, 0.4) is 0 Å². The summed E-state index contributed by atoms with van der Waals surface area (Å²) in [5.41, 5.74) is 1.48. The van der Waals surface area contributed by atoms with E-state index >= 15 is 0 Å². The molecule has 0 aromatic carbocycles. The van der Waals surface area contributed by atoms with Crippen LogP contribution in [0.4, 0.5) is 5.82 Å². The highest BCUT2D eigenvalue weighted by Crippen LogP contribution is 2.21. The molecule has 146 valence electrons. The zero-order valence-electron chi connectivity index (χ0n) is 16.3. The molecule has 0 spiro atoms. The second kappa shape index (κ2) is 7.46. The average molecular weight is 381 g/mol. The van der Waals surface area contributed by atoms with Gasteiger partial charge in [0.1, 0.15) is 17.3 Å². The highest BCUT2D eigenvalue weighted by atomic mass is 16.5. The minimum absolute atomic E-state index is 0.0288. The lowest BCUT2D eigenvalue weighted by atomic mass is 10.2. The molecule has 3 aromatic heterocycles. The number of rotatable bonds is 4. The number of carbonyl (C=O) groups is 1. The lowest BCUT2D eigenvalue weighted by Gasteiger charge is -2.35. The van der Waals surface area contributed by atoms with E-state index in [2.05, 4.69) is 20.0 Å². The number of aromatic nitrogens is 3. The van der Waals surface area contributed by atoms with Crippen molar-refractivity contribution in [1.29, 1.82) is 0 Å². The quantitative estimate of drug-likeness (QED) is 0.686. The van der Waals surface area contributed by atoms with E-state index in [-0.39, 0.29) is 5.91 Å². The number of hydrogen-bond acceptors (Lipinski definition) is 7. The van der Waals surface area contributed by atoms with Gasteiger partial charge in [0, 0.05) is 44.4 Å². The van der Waals surface area contributed by atoms with Crippen molar-refractivity contribution < 1.29 is 13.7 Å². The number of piperazine rings is 1. The summed E-state index contributed by atoms with van der Waals surface area (Å²) < 4.78 is 10.6. The van der Waals surface area contributed by atoms with Gasteiger partial charge in [-0.15, -0.1) is 0 Å². The van der Waals surface area contributed by atoms with Crippen LogP contribution in [-0.4, -0.2) is 52.1 Å². The molecule has 0 saturated carbocycles. The molecule has 1 saturated heterocycles. The summed E-state index contributed by atoms with van der Waals surface area (Å²) in [7, 11) is 0. The van der Waals surface area contributed by atoms with Crippen molar-refractivity contribution in [2.24, 2.45) is 0 Å². The summed E-state index contributed by atoms with van der Waals surface area (Å²) in [5, 5.41) is 3.97. The maximum absolute atomic E-state index is 12.7. The van der Waals surface area contributed by atoms with Crippen molar-refractivity contribution in [2.45, 2.75) is 27.2 Å². The first-order valence-corrected chi connectivity index (χ1v) is 9.45. The first kappa shape index (κ1) is 18.2. The normalized spacial score (nSPS) is 14.5. The summed E-state index contributed by atoms with van der Waals surface area (Å²) in [4.78, 5) is 25.6. The number of pyridine rings is 1. The van der Waals surface area contributed by atoms with Gasteiger partial charge in [-0.3, -0.25) is 4.79 Å². The standard InChI is InChI=1S/C20H23N5O3/c1-4-18-22-19(23-28-18)15-5-6-17(21-12-15)24-7-9-25(10-8-24)20(26)16-11-13(2)27-14(16)3/h5-6,11-12H,4,7-10H2,1-3H3. The zero-order chi connectivity index (χ0) is 19.7. The number of aryl methyl sites for hydroxylation is 3. The Hall–Kier alpha value is -3.16. The van der Waals surface area contributed by atoms with Crippen LogP contribution in [0.1, 0.15) is 34.7 Å². The Morgan fingerprint density at radius 1 is 1.18 bits per heavy atom. The van der Waals surface area contributed by atoms with Crippen LogP contribution in [0, 0.1) is 13.8 Å². The Bertz CT molecular complexity index is 968. The van der Waals surface area contributed by atoms with Crippen molar-refractivity contribution in [2.75, 3.05) is 31.1 Å². The van der Waals surface area contributed by atoms with Crippen LogP contribution in [0.2, 0.25) is 0 Å². The van der Waals surface area contributed by atoms with E-state index in [1.807, 2.05) is 43.9 Å². The molecule has 1 aliphatic rings. The summed E-state index contributed by atoms with van der Waals surface area (Å²) in [6.45, 7) is 8.42. The lowest BCUT2D eigenvalue weighted by Crippen LogP contribution is -2.49. The van der Waals surface area contributed by atoms with Crippen LogP contribution in [0.25, 0.3) is 11.4 Å². The number of hydrogen-bond donors (Lipinski definition) is 0. The summed E-state index contributed by atoms with van der Waals surface area (Å²) in [6, 6.07) is 5.71. The van der Waals surface area contributed by atoms with Crippen molar-refractivity contribution in [3.63, 3.8) is 0 Å². The van der Waals surface area contributed by atoms with E-state index in [0.29, 0.717) is 42.5 Å². The van der Waals surface area contributed by atoms with Crippen LogP contribution in [-0.2, 0) is 6.42 Å². The predicted octanol–water partition coefficient (Wildman–Crippen LogP) is 2.87. The fourth-order valence-corrected chi connectivity index (χ4v) is 3.37. The largest absolute Gasteiger partial charge is 0.466 e. The van der Waals surface area contributed by atoms with Gasteiger partial charge in [-0.25, -0.2) is 4.98 Å². The first-order valence-electron chi connectivity index (χ1n) is 9.45. The van der Waals surface area contributed by atoms with Gasteiger partial charge >= 0.3 is 0 Å². The Morgan fingerprint density at radius 3 is 2.54 bits per heavy atom. The molecule has 3 aromatic rings. The van der Waals surface area contributed by atoms with E-state index in [0.717, 1.165) is 30.2 Å². The average Bonchev–Trinajstić information content (AvgIpc) is 3.34. The molecule has 1 amide bonds. The molecule has 0 aliphatic carbocycles. The van der Waals surface area contributed by atoms with E-state index < -0.39 is 0 Å². The Balaban J connectivity index is 1.39. The molecule has 28 heavy (non-hydrogen) atoms. The number of amides is 1. The number of anilines is 1. The van der Waals surface area contributed by atoms with Gasteiger partial charge in [-0.05, 0) is 32.0 Å². The molecule has 0 N–H and O–H groups in total. The van der Waals surface area contributed by atoms with Crippen molar-refractivity contribution in [3.8, 4) is 11.4 Å². The number of carbonyl (C=O) groups excluding carboxylic acids is 1. The van der Waals surface area contributed by atoms with Crippen LogP contribution < -0.4 is 4.90 Å². The van der Waals surface area contributed by atoms with Crippen LogP contribution >= 0.6 is 0 Å². The van der Waals surface area contributed by atoms with Gasteiger partial charge in [-0.2, -0.15) is 4.98 Å². The second-order valence-corrected chi connectivity index (χ2v) is 6.88. The SMILES string of the molecule is CCc1nc(-c2ccc(N3CCN(C(=O)c4cc(C)oc4C)CC3)nc2)no1. The molecule has 1 fully saturated rings. The number of nitrogens with zero attached hydrogens (tertiary/aromatic N) is 5. The van der Waals surface area contributed by atoms with Gasteiger partial charge in [0.05, 0.1) is 5.56 Å². The minimum atomic E-state index is 0.0288. The topological polar surface area (TPSA) is 88.5 Å². The van der Waals surface area contributed by atoms with Gasteiger partial charge in [-0.1, -0.05) is 12.1 Å². The molecule has 4 rings (SSSR count). The highest BCUT2D eigenvalue weighted by Gasteiger charge is 2.25. The fourth-order valence-electron chi connectivity index (χ4n) is 3.37. The lowest BCUT2D eigenvalue weighted by molar-refractivity contribution is 0.0744. The molecular weight excluding hydrogens is 358 g/mol. The van der Waals surface area contributed by atoms with Crippen LogP contribution in [0.5, 0.6) is 0 Å². The van der Waals surface area contributed by atoms with Crippen molar-refractivity contribution >= 4 is 11.7 Å². The second-order valence-electron chi connectivity index (χ2n) is 6.88. The molecule has 0 radical (unpaired) electrons. The minimum Gasteiger partial charge on any atom is -0.466 e. The molecule has 8 nitrogen and oxygen atoms in total. The van der Waals surface area contributed by atoms with E-state index in [1.54, 1.807) is 6.20 Å². The summed E-state index contributed by atoms with van der Waals surface area (Å²) >= 11 is 0. The maximum atomic E-state index is 12.7. The van der Waals surface area contributed by atoms with Crippen molar-refractivity contribution in [1.82, 2.24) is 20.0 Å². The van der Waals surface area contributed by atoms with Gasteiger partial charge in [0.25, 0.3) is 5.91 Å². The summed E-state index contributed by atoms with van der Waals surface area (Å²) in [6.07, 6.45) is 2.47. The first-order chi connectivity index (χ1) is 13.5. The molecular formula is C20H23N5O3. The molecule has 8 heteroatoms. The van der Waals surface area contributed by atoms with Crippen LogP contribution in [0.15, 0.2) is 33.3 Å². The summed E-state index contributed by atoms with van der Waals surface area (Å²) in [5.74, 6) is 3.51. The van der Waals surface area contributed by atoms with E-state index in [4.69, 9.17) is 8.94 Å². The molecule has 0 atom stereocenters. The monoisotopic (exact) mass is 381 g/mol. The third-order valence-corrected chi connectivity index (χ3v) is 4.94. The Kier molecular flexibility index (Phi) is 4.85. The third-order valence-electron chi connectivity index (χ3n) is 4.94. The van der Waals surface area contributed by atoms with Gasteiger partial charge in [0.15, 0.2) is 0 Å². The zero-order valence-corrected chi connectivity index (χ0v) is 16.3. The highest BCUT2D eigenvalue weighted by molar-refractivity contribution is 5.95. The van der Waals surface area contributed by atoms with Gasteiger partial charge < -0.3 is 18.7 Å².